The van der Waals surface area contributed by atoms with E-state index in [4.69, 9.17) is 10.2 Å². The lowest BCUT2D eigenvalue weighted by Gasteiger charge is -2.21. The van der Waals surface area contributed by atoms with Gasteiger partial charge in [-0.2, -0.15) is 0 Å². The zero-order chi connectivity index (χ0) is 14.8. The maximum atomic E-state index is 6.06. The van der Waals surface area contributed by atoms with Crippen molar-refractivity contribution in [1.29, 1.82) is 0 Å². The number of nitrogens with two attached hydrogens (primary N) is 1. The zero-order valence-corrected chi connectivity index (χ0v) is 13.4. The number of nitrogens with zero attached hydrogens (tertiary/aromatic N) is 2. The first-order valence-corrected chi connectivity index (χ1v) is 7.94. The first-order chi connectivity index (χ1) is 9.36. The molecule has 114 valence electrons. The zero-order valence-electron chi connectivity index (χ0n) is 13.4. The van der Waals surface area contributed by atoms with Gasteiger partial charge in [-0.15, -0.1) is 10.2 Å². The summed E-state index contributed by atoms with van der Waals surface area (Å²) in [7, 11) is 0. The van der Waals surface area contributed by atoms with Gasteiger partial charge in [0.15, 0.2) is 0 Å². The summed E-state index contributed by atoms with van der Waals surface area (Å²) in [6.07, 6.45) is 7.01. The Morgan fingerprint density at radius 3 is 2.60 bits per heavy atom. The van der Waals surface area contributed by atoms with Crippen molar-refractivity contribution < 1.29 is 4.42 Å². The van der Waals surface area contributed by atoms with E-state index in [0.29, 0.717) is 12.0 Å². The van der Waals surface area contributed by atoms with Crippen molar-refractivity contribution >= 4 is 0 Å². The third-order valence-corrected chi connectivity index (χ3v) is 4.47. The Balaban J connectivity index is 1.93. The minimum atomic E-state index is -0.0659. The molecule has 0 aromatic carbocycles. The molecule has 1 fully saturated rings. The molecule has 1 heterocycles. The molecule has 0 aliphatic heterocycles. The predicted molar refractivity (Wildman–Crippen MR) is 80.4 cm³/mol. The Labute approximate surface area is 122 Å². The van der Waals surface area contributed by atoms with Crippen LogP contribution in [0.25, 0.3) is 0 Å². The molecule has 0 saturated heterocycles. The van der Waals surface area contributed by atoms with E-state index in [1.54, 1.807) is 0 Å². The highest BCUT2D eigenvalue weighted by Crippen LogP contribution is 2.31. The van der Waals surface area contributed by atoms with E-state index < -0.39 is 0 Å². The van der Waals surface area contributed by atoms with E-state index in [1.165, 1.54) is 25.7 Å². The first kappa shape index (κ1) is 15.5. The van der Waals surface area contributed by atoms with Gasteiger partial charge in [-0.3, -0.25) is 0 Å². The van der Waals surface area contributed by atoms with Gasteiger partial charge in [-0.05, 0) is 31.1 Å². The third kappa shape index (κ3) is 4.05. The Morgan fingerprint density at radius 2 is 1.95 bits per heavy atom. The Hall–Kier alpha value is -0.900. The van der Waals surface area contributed by atoms with Crippen LogP contribution in [0.5, 0.6) is 0 Å². The van der Waals surface area contributed by atoms with Crippen LogP contribution in [-0.4, -0.2) is 16.2 Å². The second-order valence-electron chi connectivity index (χ2n) is 7.46. The van der Waals surface area contributed by atoms with Crippen molar-refractivity contribution in [2.45, 2.75) is 77.7 Å². The van der Waals surface area contributed by atoms with Gasteiger partial charge in [0.2, 0.25) is 11.8 Å². The van der Waals surface area contributed by atoms with Gasteiger partial charge in [0.05, 0.1) is 0 Å². The van der Waals surface area contributed by atoms with Crippen LogP contribution >= 0.6 is 0 Å². The number of hydrogen-bond acceptors (Lipinski definition) is 4. The minimum Gasteiger partial charge on any atom is -0.425 e. The minimum absolute atomic E-state index is 0.0659. The van der Waals surface area contributed by atoms with E-state index in [-0.39, 0.29) is 5.41 Å². The van der Waals surface area contributed by atoms with Crippen LogP contribution in [0.3, 0.4) is 0 Å². The topological polar surface area (TPSA) is 64.9 Å². The van der Waals surface area contributed by atoms with Gasteiger partial charge in [0.25, 0.3) is 0 Å². The van der Waals surface area contributed by atoms with E-state index in [0.717, 1.165) is 30.5 Å². The standard InChI is InChI=1S/C16H29N3O/c1-11(12-6-5-7-13(17)9-8-12)10-14-18-19-15(20-14)16(2,3)4/h11-13H,5-10,17H2,1-4H3. The number of rotatable bonds is 3. The van der Waals surface area contributed by atoms with Crippen molar-refractivity contribution in [2.24, 2.45) is 17.6 Å². The summed E-state index contributed by atoms with van der Waals surface area (Å²) in [4.78, 5) is 0. The largest absolute Gasteiger partial charge is 0.425 e. The van der Waals surface area contributed by atoms with Crippen LogP contribution < -0.4 is 5.73 Å². The molecule has 0 radical (unpaired) electrons. The van der Waals surface area contributed by atoms with E-state index in [1.807, 2.05) is 0 Å². The second kappa shape index (κ2) is 6.25. The van der Waals surface area contributed by atoms with Crippen LogP contribution in [0.1, 0.15) is 71.6 Å². The average Bonchev–Trinajstić information content (AvgIpc) is 2.71. The molecule has 0 amide bonds. The fourth-order valence-electron chi connectivity index (χ4n) is 3.01. The SMILES string of the molecule is CC(Cc1nnc(C(C)(C)C)o1)C1CCCC(N)CC1. The maximum Gasteiger partial charge on any atom is 0.221 e. The lowest BCUT2D eigenvalue weighted by atomic mass is 9.85. The molecule has 1 saturated carbocycles. The molecule has 2 rings (SSSR count). The predicted octanol–water partition coefficient (Wildman–Crippen LogP) is 3.45. The Morgan fingerprint density at radius 1 is 1.20 bits per heavy atom. The van der Waals surface area contributed by atoms with Crippen molar-refractivity contribution in [3.05, 3.63) is 11.8 Å². The number of aromatic nitrogens is 2. The van der Waals surface area contributed by atoms with E-state index in [9.17, 15) is 0 Å². The summed E-state index contributed by atoms with van der Waals surface area (Å²) >= 11 is 0. The van der Waals surface area contributed by atoms with Crippen molar-refractivity contribution in [3.63, 3.8) is 0 Å². The molecule has 3 atom stereocenters. The molecule has 0 spiro atoms. The molecule has 1 aromatic rings. The smallest absolute Gasteiger partial charge is 0.221 e. The molecular formula is C16H29N3O. The molecular weight excluding hydrogens is 250 g/mol. The summed E-state index contributed by atoms with van der Waals surface area (Å²) in [5.74, 6) is 2.86. The fourth-order valence-corrected chi connectivity index (χ4v) is 3.01. The second-order valence-corrected chi connectivity index (χ2v) is 7.46. The van der Waals surface area contributed by atoms with E-state index in [2.05, 4.69) is 37.9 Å². The Bertz CT molecular complexity index is 422. The average molecular weight is 279 g/mol. The highest BCUT2D eigenvalue weighted by Gasteiger charge is 2.25. The van der Waals surface area contributed by atoms with Crippen LogP contribution in [-0.2, 0) is 11.8 Å². The molecule has 2 N–H and O–H groups in total. The number of hydrogen-bond donors (Lipinski definition) is 1. The monoisotopic (exact) mass is 279 g/mol. The lowest BCUT2D eigenvalue weighted by molar-refractivity contribution is 0.287. The quantitative estimate of drug-likeness (QED) is 0.861. The van der Waals surface area contributed by atoms with Gasteiger partial charge in [0.1, 0.15) is 0 Å². The molecule has 4 nitrogen and oxygen atoms in total. The normalized spacial score (nSPS) is 26.2. The summed E-state index contributed by atoms with van der Waals surface area (Å²) < 4.78 is 5.82. The molecule has 1 aliphatic carbocycles. The van der Waals surface area contributed by atoms with Crippen molar-refractivity contribution in [3.8, 4) is 0 Å². The van der Waals surface area contributed by atoms with Gasteiger partial charge < -0.3 is 10.2 Å². The molecule has 3 unspecified atom stereocenters. The molecule has 0 bridgehead atoms. The van der Waals surface area contributed by atoms with E-state index >= 15 is 0 Å². The summed E-state index contributed by atoms with van der Waals surface area (Å²) in [5, 5.41) is 8.39. The van der Waals surface area contributed by atoms with Gasteiger partial charge >= 0.3 is 0 Å². The highest BCUT2D eigenvalue weighted by atomic mass is 16.4. The van der Waals surface area contributed by atoms with Gasteiger partial charge in [-0.25, -0.2) is 0 Å². The van der Waals surface area contributed by atoms with Crippen molar-refractivity contribution in [2.75, 3.05) is 0 Å². The van der Waals surface area contributed by atoms with Crippen LogP contribution in [0.2, 0.25) is 0 Å². The third-order valence-electron chi connectivity index (χ3n) is 4.47. The summed E-state index contributed by atoms with van der Waals surface area (Å²) in [6, 6.07) is 0.406. The first-order valence-electron chi connectivity index (χ1n) is 7.94. The molecule has 20 heavy (non-hydrogen) atoms. The van der Waals surface area contributed by atoms with Crippen molar-refractivity contribution in [1.82, 2.24) is 10.2 Å². The summed E-state index contributed by atoms with van der Waals surface area (Å²) in [6.45, 7) is 8.60. The van der Waals surface area contributed by atoms with Gasteiger partial charge in [-0.1, -0.05) is 40.5 Å². The Kier molecular flexibility index (Phi) is 4.84. The lowest BCUT2D eigenvalue weighted by Crippen LogP contribution is -2.19. The molecule has 1 aromatic heterocycles. The van der Waals surface area contributed by atoms with Crippen LogP contribution in [0.15, 0.2) is 4.42 Å². The molecule has 4 heteroatoms. The van der Waals surface area contributed by atoms with Gasteiger partial charge in [0, 0.05) is 17.9 Å². The van der Waals surface area contributed by atoms with Crippen LogP contribution in [0.4, 0.5) is 0 Å². The fraction of sp³-hybridized carbons (Fsp3) is 0.875. The molecule has 1 aliphatic rings. The maximum absolute atomic E-state index is 6.06. The van der Waals surface area contributed by atoms with Crippen LogP contribution in [0, 0.1) is 11.8 Å². The summed E-state index contributed by atoms with van der Waals surface area (Å²) in [5.41, 5.74) is 5.99. The highest BCUT2D eigenvalue weighted by molar-refractivity contribution is 4.96.